The average Bonchev–Trinajstić information content (AvgIpc) is 2.59. The molecule has 2 aromatic rings. The summed E-state index contributed by atoms with van der Waals surface area (Å²) in [4.78, 5) is 0. The zero-order valence-corrected chi connectivity index (χ0v) is 8.78. The molecule has 1 aromatic carbocycles. The van der Waals surface area contributed by atoms with E-state index in [1.807, 2.05) is 0 Å². The molecule has 0 radical (unpaired) electrons. The van der Waals surface area contributed by atoms with E-state index >= 15 is 0 Å². The summed E-state index contributed by atoms with van der Waals surface area (Å²) in [5.74, 6) is -3.09. The van der Waals surface area contributed by atoms with E-state index in [1.165, 1.54) is 11.6 Å². The Morgan fingerprint density at radius 2 is 1.76 bits per heavy atom. The number of benzene rings is 1. The molecule has 0 saturated carbocycles. The molecule has 0 spiro atoms. The topological polar surface area (TPSA) is 50.9 Å². The van der Waals surface area contributed by atoms with Crippen molar-refractivity contribution in [2.45, 2.75) is 6.61 Å². The molecule has 0 atom stereocenters. The molecule has 1 heterocycles. The maximum atomic E-state index is 13.5. The van der Waals surface area contributed by atoms with E-state index in [9.17, 15) is 13.2 Å². The summed E-state index contributed by atoms with van der Waals surface area (Å²) >= 11 is 0. The Hall–Kier alpha value is -1.89. The predicted octanol–water partition coefficient (Wildman–Crippen LogP) is 1.39. The van der Waals surface area contributed by atoms with E-state index in [-0.39, 0.29) is 11.6 Å². The lowest BCUT2D eigenvalue weighted by Crippen LogP contribution is -2.02. The molecule has 1 N–H and O–H groups in total. The van der Waals surface area contributed by atoms with Gasteiger partial charge < -0.3 is 9.67 Å². The number of aliphatic hydroxyl groups excluding tert-OH is 1. The van der Waals surface area contributed by atoms with Crippen LogP contribution in [0.15, 0.2) is 12.1 Å². The third-order valence-corrected chi connectivity index (χ3v) is 2.34. The van der Waals surface area contributed by atoms with E-state index in [4.69, 9.17) is 5.11 Å². The Balaban J connectivity index is 2.64. The average molecular weight is 243 g/mol. The van der Waals surface area contributed by atoms with Gasteiger partial charge >= 0.3 is 0 Å². The van der Waals surface area contributed by atoms with Gasteiger partial charge in [-0.1, -0.05) is 0 Å². The van der Waals surface area contributed by atoms with Crippen LogP contribution in [0, 0.1) is 17.5 Å². The highest BCUT2D eigenvalue weighted by Gasteiger charge is 2.19. The van der Waals surface area contributed by atoms with Gasteiger partial charge in [0.15, 0.2) is 11.6 Å². The molecule has 0 aliphatic rings. The van der Waals surface area contributed by atoms with Crippen molar-refractivity contribution in [3.8, 4) is 11.4 Å². The monoisotopic (exact) mass is 243 g/mol. The Kier molecular flexibility index (Phi) is 2.84. The van der Waals surface area contributed by atoms with Crippen LogP contribution in [0.3, 0.4) is 0 Å². The minimum atomic E-state index is -1.07. The van der Waals surface area contributed by atoms with Crippen molar-refractivity contribution >= 4 is 0 Å². The smallest absolute Gasteiger partial charge is 0.169 e. The number of nitrogens with zero attached hydrogens (tertiary/aromatic N) is 3. The predicted molar refractivity (Wildman–Crippen MR) is 52.2 cm³/mol. The van der Waals surface area contributed by atoms with Gasteiger partial charge in [-0.05, 0) is 0 Å². The first-order valence-corrected chi connectivity index (χ1v) is 4.68. The third-order valence-electron chi connectivity index (χ3n) is 2.34. The van der Waals surface area contributed by atoms with Crippen LogP contribution in [-0.4, -0.2) is 19.9 Å². The molecule has 0 aliphatic heterocycles. The van der Waals surface area contributed by atoms with Crippen LogP contribution in [0.25, 0.3) is 11.4 Å². The number of hydrogen-bond donors (Lipinski definition) is 1. The van der Waals surface area contributed by atoms with Gasteiger partial charge in [0.2, 0.25) is 0 Å². The minimum Gasteiger partial charge on any atom is -0.388 e. The summed E-state index contributed by atoms with van der Waals surface area (Å²) in [7, 11) is 1.45. The van der Waals surface area contributed by atoms with Crippen LogP contribution in [0.5, 0.6) is 0 Å². The number of aromatic nitrogens is 3. The summed E-state index contributed by atoms with van der Waals surface area (Å²) < 4.78 is 40.9. The fraction of sp³-hybridized carbons (Fsp3) is 0.200. The fourth-order valence-electron chi connectivity index (χ4n) is 1.47. The summed E-state index contributed by atoms with van der Waals surface area (Å²) in [5, 5.41) is 16.0. The summed E-state index contributed by atoms with van der Waals surface area (Å²) in [5.41, 5.74) is -0.471. The Morgan fingerprint density at radius 3 is 2.24 bits per heavy atom. The third kappa shape index (κ3) is 1.89. The van der Waals surface area contributed by atoms with Crippen molar-refractivity contribution < 1.29 is 18.3 Å². The number of aliphatic hydroxyl groups is 1. The van der Waals surface area contributed by atoms with Crippen molar-refractivity contribution in [2.24, 2.45) is 7.05 Å². The van der Waals surface area contributed by atoms with Gasteiger partial charge in [-0.15, -0.1) is 10.2 Å². The molecule has 7 heteroatoms. The lowest BCUT2D eigenvalue weighted by atomic mass is 10.2. The van der Waals surface area contributed by atoms with Crippen LogP contribution in [-0.2, 0) is 13.7 Å². The molecule has 0 amide bonds. The van der Waals surface area contributed by atoms with E-state index < -0.39 is 29.6 Å². The zero-order valence-electron chi connectivity index (χ0n) is 8.78. The highest BCUT2D eigenvalue weighted by Crippen LogP contribution is 2.25. The standard InChI is InChI=1S/C10H8F3N3O/c1-16-8(4-17)14-15-10(16)9-6(12)2-5(11)3-7(9)13/h2-3,17H,4H2,1H3. The van der Waals surface area contributed by atoms with Crippen molar-refractivity contribution in [3.63, 3.8) is 0 Å². The van der Waals surface area contributed by atoms with Crippen molar-refractivity contribution in [3.05, 3.63) is 35.4 Å². The largest absolute Gasteiger partial charge is 0.388 e. The maximum absolute atomic E-state index is 13.5. The molecule has 0 aliphatic carbocycles. The van der Waals surface area contributed by atoms with Crippen LogP contribution in [0.1, 0.15) is 5.82 Å². The number of hydrogen-bond acceptors (Lipinski definition) is 3. The molecule has 0 unspecified atom stereocenters. The highest BCUT2D eigenvalue weighted by atomic mass is 19.1. The van der Waals surface area contributed by atoms with Gasteiger partial charge in [0.05, 0.1) is 5.56 Å². The number of halogens is 3. The van der Waals surface area contributed by atoms with Crippen molar-refractivity contribution in [1.82, 2.24) is 14.8 Å². The van der Waals surface area contributed by atoms with E-state index in [1.54, 1.807) is 0 Å². The van der Waals surface area contributed by atoms with Crippen molar-refractivity contribution in [1.29, 1.82) is 0 Å². The van der Waals surface area contributed by atoms with Gasteiger partial charge in [-0.25, -0.2) is 13.2 Å². The van der Waals surface area contributed by atoms with Gasteiger partial charge in [0.1, 0.15) is 24.1 Å². The maximum Gasteiger partial charge on any atom is 0.169 e. The second-order valence-corrected chi connectivity index (χ2v) is 3.40. The molecule has 2 rings (SSSR count). The first-order valence-electron chi connectivity index (χ1n) is 4.68. The first kappa shape index (κ1) is 11.6. The Labute approximate surface area is 94.3 Å². The lowest BCUT2D eigenvalue weighted by molar-refractivity contribution is 0.267. The highest BCUT2D eigenvalue weighted by molar-refractivity contribution is 5.57. The molecular formula is C10H8F3N3O. The molecule has 17 heavy (non-hydrogen) atoms. The second kappa shape index (κ2) is 4.17. The quantitative estimate of drug-likeness (QED) is 0.867. The van der Waals surface area contributed by atoms with Crippen LogP contribution in [0.4, 0.5) is 13.2 Å². The number of rotatable bonds is 2. The second-order valence-electron chi connectivity index (χ2n) is 3.40. The molecular weight excluding hydrogens is 235 g/mol. The summed E-state index contributed by atoms with van der Waals surface area (Å²) in [6.07, 6.45) is 0. The Bertz CT molecular complexity index is 545. The van der Waals surface area contributed by atoms with Crippen LogP contribution < -0.4 is 0 Å². The van der Waals surface area contributed by atoms with Crippen LogP contribution in [0.2, 0.25) is 0 Å². The minimum absolute atomic E-state index is 0.107. The molecule has 1 aromatic heterocycles. The van der Waals surface area contributed by atoms with Gasteiger partial charge in [0, 0.05) is 19.2 Å². The first-order chi connectivity index (χ1) is 8.04. The molecule has 0 fully saturated rings. The van der Waals surface area contributed by atoms with E-state index in [2.05, 4.69) is 10.2 Å². The van der Waals surface area contributed by atoms with E-state index in [0.717, 1.165) is 0 Å². The zero-order chi connectivity index (χ0) is 12.6. The molecule has 90 valence electrons. The lowest BCUT2D eigenvalue weighted by Gasteiger charge is -2.05. The summed E-state index contributed by atoms with van der Waals surface area (Å²) in [6, 6.07) is 1.12. The molecule has 0 bridgehead atoms. The van der Waals surface area contributed by atoms with Crippen LogP contribution >= 0.6 is 0 Å². The summed E-state index contributed by atoms with van der Waals surface area (Å²) in [6.45, 7) is -0.409. The van der Waals surface area contributed by atoms with E-state index in [0.29, 0.717) is 12.1 Å². The molecule has 0 saturated heterocycles. The van der Waals surface area contributed by atoms with Gasteiger partial charge in [-0.3, -0.25) is 0 Å². The Morgan fingerprint density at radius 1 is 1.18 bits per heavy atom. The normalized spacial score (nSPS) is 10.9. The molecule has 4 nitrogen and oxygen atoms in total. The fourth-order valence-corrected chi connectivity index (χ4v) is 1.47. The SMILES string of the molecule is Cn1c(CO)nnc1-c1c(F)cc(F)cc1F. The van der Waals surface area contributed by atoms with Gasteiger partial charge in [0.25, 0.3) is 0 Å². The van der Waals surface area contributed by atoms with Crippen molar-refractivity contribution in [2.75, 3.05) is 0 Å². The van der Waals surface area contributed by atoms with Gasteiger partial charge in [-0.2, -0.15) is 0 Å².